The maximum atomic E-state index is 12.1. The Balaban J connectivity index is 1.94. The van der Waals surface area contributed by atoms with Crippen molar-refractivity contribution in [1.82, 2.24) is 15.6 Å². The summed E-state index contributed by atoms with van der Waals surface area (Å²) in [6, 6.07) is 11.6. The number of urea groups is 1. The fourth-order valence-electron chi connectivity index (χ4n) is 2.32. The number of nitrogens with zero attached hydrogens (tertiary/aromatic N) is 1. The smallest absolute Gasteiger partial charge is 0.315 e. The van der Waals surface area contributed by atoms with E-state index >= 15 is 0 Å². The number of hydrogen-bond donors (Lipinski definition) is 2. The van der Waals surface area contributed by atoms with Gasteiger partial charge in [-0.3, -0.25) is 4.98 Å². The van der Waals surface area contributed by atoms with Crippen LogP contribution in [-0.2, 0) is 0 Å². The van der Waals surface area contributed by atoms with Crippen molar-refractivity contribution < 1.29 is 4.79 Å². The number of benzene rings is 1. The van der Waals surface area contributed by atoms with E-state index in [1.165, 1.54) is 5.56 Å². The summed E-state index contributed by atoms with van der Waals surface area (Å²) < 4.78 is 0. The minimum Gasteiger partial charge on any atom is -0.332 e. The number of aromatic nitrogens is 1. The molecule has 4 nitrogen and oxygen atoms in total. The highest BCUT2D eigenvalue weighted by Crippen LogP contribution is 2.17. The third-order valence-electron chi connectivity index (χ3n) is 3.56. The number of carbonyl (C=O) groups excluding carboxylic acids is 1. The summed E-state index contributed by atoms with van der Waals surface area (Å²) in [6.45, 7) is 5.98. The molecule has 0 saturated heterocycles. The molecule has 2 aromatic rings. The lowest BCUT2D eigenvalue weighted by atomic mass is 10.0. The number of carbonyl (C=O) groups is 1. The largest absolute Gasteiger partial charge is 0.332 e. The lowest BCUT2D eigenvalue weighted by Crippen LogP contribution is -2.38. The molecule has 0 saturated carbocycles. The maximum Gasteiger partial charge on any atom is 0.315 e. The van der Waals surface area contributed by atoms with E-state index in [1.807, 2.05) is 57.2 Å². The number of amides is 2. The van der Waals surface area contributed by atoms with Gasteiger partial charge >= 0.3 is 6.03 Å². The van der Waals surface area contributed by atoms with E-state index in [1.54, 1.807) is 12.4 Å². The molecule has 0 aliphatic carbocycles. The topological polar surface area (TPSA) is 54.0 Å². The zero-order valence-corrected chi connectivity index (χ0v) is 12.6. The molecule has 0 aliphatic heterocycles. The third-order valence-corrected chi connectivity index (χ3v) is 3.56. The van der Waals surface area contributed by atoms with Crippen molar-refractivity contribution in [3.63, 3.8) is 0 Å². The predicted octanol–water partition coefficient (Wildman–Crippen LogP) is 3.51. The van der Waals surface area contributed by atoms with Crippen molar-refractivity contribution in [2.75, 3.05) is 0 Å². The first-order valence-corrected chi connectivity index (χ1v) is 7.10. The molecular weight excluding hydrogens is 262 g/mol. The lowest BCUT2D eigenvalue weighted by molar-refractivity contribution is 0.235. The van der Waals surface area contributed by atoms with Crippen molar-refractivity contribution in [2.45, 2.75) is 32.9 Å². The van der Waals surface area contributed by atoms with Crippen LogP contribution in [0.5, 0.6) is 0 Å². The molecule has 2 unspecified atom stereocenters. The van der Waals surface area contributed by atoms with Gasteiger partial charge in [-0.15, -0.1) is 0 Å². The average Bonchev–Trinajstić information content (AvgIpc) is 2.48. The normalized spacial score (nSPS) is 13.3. The maximum absolute atomic E-state index is 12.1. The summed E-state index contributed by atoms with van der Waals surface area (Å²) in [7, 11) is 0. The van der Waals surface area contributed by atoms with E-state index in [0.717, 1.165) is 11.1 Å². The Kier molecular flexibility index (Phi) is 4.93. The summed E-state index contributed by atoms with van der Waals surface area (Å²) in [4.78, 5) is 16.1. The third kappa shape index (κ3) is 4.05. The van der Waals surface area contributed by atoms with Crippen LogP contribution in [0.25, 0.3) is 0 Å². The van der Waals surface area contributed by atoms with Gasteiger partial charge in [-0.05, 0) is 49.6 Å². The zero-order chi connectivity index (χ0) is 15.2. The van der Waals surface area contributed by atoms with Crippen molar-refractivity contribution >= 4 is 6.03 Å². The second-order valence-corrected chi connectivity index (χ2v) is 5.20. The first kappa shape index (κ1) is 15.0. The molecule has 2 N–H and O–H groups in total. The van der Waals surface area contributed by atoms with E-state index in [9.17, 15) is 4.79 Å². The SMILES string of the molecule is Cc1ccccc1C(C)NC(=O)NC(C)c1ccncc1. The minimum atomic E-state index is -0.171. The fourth-order valence-corrected chi connectivity index (χ4v) is 2.32. The van der Waals surface area contributed by atoms with Gasteiger partial charge in [-0.2, -0.15) is 0 Å². The van der Waals surface area contributed by atoms with E-state index in [0.29, 0.717) is 0 Å². The first-order valence-electron chi connectivity index (χ1n) is 7.10. The summed E-state index contributed by atoms with van der Waals surface area (Å²) in [6.07, 6.45) is 3.45. The fraction of sp³-hybridized carbons (Fsp3) is 0.294. The van der Waals surface area contributed by atoms with Gasteiger partial charge in [-0.25, -0.2) is 4.79 Å². The molecule has 1 aromatic heterocycles. The van der Waals surface area contributed by atoms with Crippen molar-refractivity contribution in [1.29, 1.82) is 0 Å². The Bertz CT molecular complexity index is 598. The summed E-state index contributed by atoms with van der Waals surface area (Å²) >= 11 is 0. The molecule has 2 rings (SSSR count). The van der Waals surface area contributed by atoms with Gasteiger partial charge in [0.05, 0.1) is 12.1 Å². The second-order valence-electron chi connectivity index (χ2n) is 5.20. The monoisotopic (exact) mass is 283 g/mol. The Morgan fingerprint density at radius 2 is 1.62 bits per heavy atom. The number of hydrogen-bond acceptors (Lipinski definition) is 2. The quantitative estimate of drug-likeness (QED) is 0.902. The van der Waals surface area contributed by atoms with Crippen molar-refractivity contribution in [3.05, 3.63) is 65.5 Å². The summed E-state index contributed by atoms with van der Waals surface area (Å²) in [5, 5.41) is 5.91. The van der Waals surface area contributed by atoms with Crippen LogP contribution >= 0.6 is 0 Å². The molecule has 110 valence electrons. The second kappa shape index (κ2) is 6.88. The van der Waals surface area contributed by atoms with E-state index < -0.39 is 0 Å². The highest BCUT2D eigenvalue weighted by Gasteiger charge is 2.13. The average molecular weight is 283 g/mol. The van der Waals surface area contributed by atoms with Crippen LogP contribution in [0.3, 0.4) is 0 Å². The van der Waals surface area contributed by atoms with Crippen molar-refractivity contribution in [2.24, 2.45) is 0 Å². The molecule has 21 heavy (non-hydrogen) atoms. The lowest BCUT2D eigenvalue weighted by Gasteiger charge is -2.19. The van der Waals surface area contributed by atoms with Gasteiger partial charge in [0, 0.05) is 12.4 Å². The summed E-state index contributed by atoms with van der Waals surface area (Å²) in [5.74, 6) is 0. The van der Waals surface area contributed by atoms with Crippen LogP contribution in [0.15, 0.2) is 48.8 Å². The standard InChI is InChI=1S/C17H21N3O/c1-12-6-4-5-7-16(12)14(3)20-17(21)19-13(2)15-8-10-18-11-9-15/h4-11,13-14H,1-3H3,(H2,19,20,21). The number of rotatable bonds is 4. The predicted molar refractivity (Wildman–Crippen MR) is 83.9 cm³/mol. The molecule has 4 heteroatoms. The molecule has 0 aliphatic rings. The molecule has 2 amide bonds. The van der Waals surface area contributed by atoms with Crippen LogP contribution in [0, 0.1) is 6.92 Å². The zero-order valence-electron chi connectivity index (χ0n) is 12.6. The van der Waals surface area contributed by atoms with Gasteiger partial charge in [0.25, 0.3) is 0 Å². The number of nitrogens with one attached hydrogen (secondary N) is 2. The molecule has 0 bridgehead atoms. The Hall–Kier alpha value is -2.36. The van der Waals surface area contributed by atoms with Crippen LogP contribution in [0.4, 0.5) is 4.79 Å². The minimum absolute atomic E-state index is 0.0316. The van der Waals surface area contributed by atoms with Crippen LogP contribution < -0.4 is 10.6 Å². The molecular formula is C17H21N3O. The Morgan fingerprint density at radius 3 is 2.29 bits per heavy atom. The van der Waals surface area contributed by atoms with Crippen LogP contribution in [-0.4, -0.2) is 11.0 Å². The molecule has 1 heterocycles. The van der Waals surface area contributed by atoms with E-state index in [4.69, 9.17) is 0 Å². The molecule has 0 spiro atoms. The van der Waals surface area contributed by atoms with Gasteiger partial charge in [0.2, 0.25) is 0 Å². The Morgan fingerprint density at radius 1 is 1.00 bits per heavy atom. The van der Waals surface area contributed by atoms with Gasteiger partial charge in [0.1, 0.15) is 0 Å². The molecule has 2 atom stereocenters. The molecule has 0 fully saturated rings. The van der Waals surface area contributed by atoms with E-state index in [2.05, 4.69) is 15.6 Å². The first-order chi connectivity index (χ1) is 10.1. The van der Waals surface area contributed by atoms with Gasteiger partial charge in [-0.1, -0.05) is 24.3 Å². The summed E-state index contributed by atoms with van der Waals surface area (Å²) in [5.41, 5.74) is 3.33. The molecule has 0 radical (unpaired) electrons. The highest BCUT2D eigenvalue weighted by molar-refractivity contribution is 5.75. The van der Waals surface area contributed by atoms with Crippen molar-refractivity contribution in [3.8, 4) is 0 Å². The number of pyridine rings is 1. The van der Waals surface area contributed by atoms with Gasteiger partial charge < -0.3 is 10.6 Å². The Labute approximate surface area is 125 Å². The van der Waals surface area contributed by atoms with Gasteiger partial charge in [0.15, 0.2) is 0 Å². The number of aryl methyl sites for hydroxylation is 1. The van der Waals surface area contributed by atoms with Crippen LogP contribution in [0.2, 0.25) is 0 Å². The highest BCUT2D eigenvalue weighted by atomic mass is 16.2. The molecule has 1 aromatic carbocycles. The van der Waals surface area contributed by atoms with E-state index in [-0.39, 0.29) is 18.1 Å². The van der Waals surface area contributed by atoms with Crippen LogP contribution in [0.1, 0.15) is 42.6 Å².